The average molecular weight is 386 g/mol. The van der Waals surface area contributed by atoms with Crippen molar-refractivity contribution < 1.29 is 38.6 Å². The zero-order valence-corrected chi connectivity index (χ0v) is 14.7. The summed E-state index contributed by atoms with van der Waals surface area (Å²) in [6.45, 7) is 0.355. The van der Waals surface area contributed by atoms with E-state index in [-0.39, 0.29) is 13.6 Å². The summed E-state index contributed by atoms with van der Waals surface area (Å²) in [6, 6.07) is 11.0. The molecule has 2 fully saturated rings. The normalized spacial score (nSPS) is 34.6. The molecule has 0 spiro atoms. The van der Waals surface area contributed by atoms with Crippen LogP contribution in [0.3, 0.4) is 0 Å². The van der Waals surface area contributed by atoms with Crippen LogP contribution in [0.5, 0.6) is 23.0 Å². The predicted octanol–water partition coefficient (Wildman–Crippen LogP) is 1.86. The van der Waals surface area contributed by atoms with Gasteiger partial charge in [0.1, 0.15) is 0 Å². The topological polar surface area (TPSA) is 95.8 Å². The minimum atomic E-state index is -1.08. The maximum absolute atomic E-state index is 10.6. The fourth-order valence-corrected chi connectivity index (χ4v) is 4.53. The van der Waals surface area contributed by atoms with Gasteiger partial charge < -0.3 is 38.6 Å². The maximum Gasteiger partial charge on any atom is 0.231 e. The van der Waals surface area contributed by atoms with E-state index in [4.69, 9.17) is 28.4 Å². The van der Waals surface area contributed by atoms with Crippen molar-refractivity contribution in [2.24, 2.45) is 11.8 Å². The first-order chi connectivity index (χ1) is 13.7. The fraction of sp³-hybridized carbons (Fsp3) is 0.400. The molecular weight excluding hydrogens is 368 g/mol. The Labute approximate surface area is 160 Å². The second kappa shape index (κ2) is 5.99. The summed E-state index contributed by atoms with van der Waals surface area (Å²) in [7, 11) is 0. The lowest BCUT2D eigenvalue weighted by molar-refractivity contribution is -0.173. The van der Waals surface area contributed by atoms with Gasteiger partial charge in [-0.25, -0.2) is 0 Å². The monoisotopic (exact) mass is 386 g/mol. The van der Waals surface area contributed by atoms with Crippen LogP contribution in [0.1, 0.15) is 23.3 Å². The van der Waals surface area contributed by atoms with E-state index in [2.05, 4.69) is 0 Å². The molecule has 6 atom stereocenters. The van der Waals surface area contributed by atoms with Crippen molar-refractivity contribution in [1.82, 2.24) is 0 Å². The Kier molecular flexibility index (Phi) is 3.51. The molecule has 8 nitrogen and oxygen atoms in total. The van der Waals surface area contributed by atoms with Crippen molar-refractivity contribution in [2.75, 3.05) is 13.6 Å². The molecule has 4 aliphatic rings. The van der Waals surface area contributed by atoms with Gasteiger partial charge in [-0.15, -0.1) is 0 Å². The van der Waals surface area contributed by atoms with Gasteiger partial charge >= 0.3 is 0 Å². The molecule has 0 amide bonds. The zero-order valence-electron chi connectivity index (χ0n) is 14.7. The molecule has 2 aromatic carbocycles. The second-order valence-electron chi connectivity index (χ2n) is 7.27. The van der Waals surface area contributed by atoms with Gasteiger partial charge in [0.05, 0.1) is 24.0 Å². The Bertz CT molecular complexity index is 855. The number of benzene rings is 2. The highest BCUT2D eigenvalue weighted by Gasteiger charge is 2.57. The molecule has 0 aliphatic carbocycles. The molecule has 6 rings (SSSR count). The lowest BCUT2D eigenvalue weighted by Gasteiger charge is -2.20. The molecule has 0 aromatic heterocycles. The van der Waals surface area contributed by atoms with E-state index in [0.29, 0.717) is 23.0 Å². The summed E-state index contributed by atoms with van der Waals surface area (Å²) in [4.78, 5) is 0. The van der Waals surface area contributed by atoms with E-state index in [1.165, 1.54) is 0 Å². The summed E-state index contributed by atoms with van der Waals surface area (Å²) < 4.78 is 33.3. The number of fused-ring (bicyclic) bond motifs is 3. The van der Waals surface area contributed by atoms with Crippen LogP contribution in [0.25, 0.3) is 0 Å². The van der Waals surface area contributed by atoms with E-state index >= 15 is 0 Å². The molecule has 4 aliphatic heterocycles. The molecule has 2 aromatic rings. The highest BCUT2D eigenvalue weighted by molar-refractivity contribution is 5.47. The van der Waals surface area contributed by atoms with Crippen molar-refractivity contribution in [1.29, 1.82) is 0 Å². The van der Waals surface area contributed by atoms with Crippen LogP contribution < -0.4 is 18.9 Å². The Balaban J connectivity index is 1.33. The lowest BCUT2D eigenvalue weighted by atomic mass is 9.83. The maximum atomic E-state index is 10.6. The third-order valence-corrected chi connectivity index (χ3v) is 5.82. The fourth-order valence-electron chi connectivity index (χ4n) is 4.53. The van der Waals surface area contributed by atoms with Gasteiger partial charge in [-0.1, -0.05) is 12.1 Å². The number of aliphatic hydroxyl groups is 2. The Hall–Kier alpha value is -2.52. The number of hydrogen-bond acceptors (Lipinski definition) is 8. The standard InChI is InChI=1S/C20H18O8/c21-19-15-16(18(28-19)10-2-4-12-14(6-10)26-8-24-12)20(22)27-17(15)9-1-3-11-13(5-9)25-7-23-11/h1-6,15-22H,7-8H2/t15-,16-,17+,18+,19-,20-/m0/s1. The molecule has 4 heterocycles. The van der Waals surface area contributed by atoms with Crippen LogP contribution in [-0.2, 0) is 9.47 Å². The van der Waals surface area contributed by atoms with Crippen molar-refractivity contribution in [3.8, 4) is 23.0 Å². The first kappa shape index (κ1) is 16.4. The zero-order chi connectivity index (χ0) is 18.8. The van der Waals surface area contributed by atoms with Crippen LogP contribution in [-0.4, -0.2) is 36.4 Å². The summed E-state index contributed by atoms with van der Waals surface area (Å²) in [5, 5.41) is 21.3. The SMILES string of the molecule is O[C@H]1O[C@H](c2ccc3c(c2)OCO3)[C@@H]2[C@H]1[C@@H](c1ccc3c(c1)OCO3)O[C@@H]2O. The number of hydrogen-bond donors (Lipinski definition) is 2. The lowest BCUT2D eigenvalue weighted by Crippen LogP contribution is -2.23. The van der Waals surface area contributed by atoms with E-state index in [1.54, 1.807) is 12.1 Å². The quantitative estimate of drug-likeness (QED) is 0.808. The van der Waals surface area contributed by atoms with Gasteiger partial charge in [-0.05, 0) is 35.4 Å². The Morgan fingerprint density at radius 2 is 1.04 bits per heavy atom. The van der Waals surface area contributed by atoms with Crippen LogP contribution in [0.15, 0.2) is 36.4 Å². The summed E-state index contributed by atoms with van der Waals surface area (Å²) in [5.41, 5.74) is 1.59. The Morgan fingerprint density at radius 3 is 1.50 bits per heavy atom. The molecule has 28 heavy (non-hydrogen) atoms. The van der Waals surface area contributed by atoms with Crippen LogP contribution in [0.2, 0.25) is 0 Å². The van der Waals surface area contributed by atoms with Gasteiger partial charge in [0.15, 0.2) is 35.6 Å². The molecule has 0 saturated carbocycles. The number of aliphatic hydroxyl groups excluding tert-OH is 2. The first-order valence-corrected chi connectivity index (χ1v) is 9.15. The summed E-state index contributed by atoms with van der Waals surface area (Å²) in [6.07, 6.45) is -3.20. The average Bonchev–Trinajstić information content (AvgIpc) is 3.46. The van der Waals surface area contributed by atoms with Crippen molar-refractivity contribution in [3.05, 3.63) is 47.5 Å². The van der Waals surface area contributed by atoms with Gasteiger partial charge in [-0.2, -0.15) is 0 Å². The predicted molar refractivity (Wildman–Crippen MR) is 91.8 cm³/mol. The molecule has 2 N–H and O–H groups in total. The molecule has 146 valence electrons. The molecule has 0 radical (unpaired) electrons. The molecule has 0 unspecified atom stereocenters. The van der Waals surface area contributed by atoms with Gasteiger partial charge in [-0.3, -0.25) is 0 Å². The first-order valence-electron chi connectivity index (χ1n) is 9.15. The highest BCUT2D eigenvalue weighted by atomic mass is 16.7. The van der Waals surface area contributed by atoms with Crippen molar-refractivity contribution in [2.45, 2.75) is 24.8 Å². The minimum Gasteiger partial charge on any atom is -0.454 e. The van der Waals surface area contributed by atoms with E-state index < -0.39 is 36.6 Å². The smallest absolute Gasteiger partial charge is 0.231 e. The van der Waals surface area contributed by atoms with Gasteiger partial charge in [0.25, 0.3) is 0 Å². The third-order valence-electron chi connectivity index (χ3n) is 5.82. The van der Waals surface area contributed by atoms with Crippen LogP contribution in [0.4, 0.5) is 0 Å². The third kappa shape index (κ3) is 2.32. The molecule has 8 heteroatoms. The molecular formula is C20H18O8. The van der Waals surface area contributed by atoms with Crippen LogP contribution in [0, 0.1) is 11.8 Å². The number of ether oxygens (including phenoxy) is 6. The summed E-state index contributed by atoms with van der Waals surface area (Å²) >= 11 is 0. The van der Waals surface area contributed by atoms with E-state index in [0.717, 1.165) is 11.1 Å². The number of rotatable bonds is 2. The van der Waals surface area contributed by atoms with Gasteiger partial charge in [0.2, 0.25) is 13.6 Å². The molecule has 2 saturated heterocycles. The van der Waals surface area contributed by atoms with Gasteiger partial charge in [0, 0.05) is 0 Å². The second-order valence-corrected chi connectivity index (χ2v) is 7.27. The van der Waals surface area contributed by atoms with E-state index in [9.17, 15) is 10.2 Å². The highest BCUT2D eigenvalue weighted by Crippen LogP contribution is 2.56. The van der Waals surface area contributed by atoms with Crippen LogP contribution >= 0.6 is 0 Å². The molecule has 0 bridgehead atoms. The summed E-state index contributed by atoms with van der Waals surface area (Å²) in [5.74, 6) is 1.73. The van der Waals surface area contributed by atoms with E-state index in [1.807, 2.05) is 24.3 Å². The van der Waals surface area contributed by atoms with Crippen molar-refractivity contribution >= 4 is 0 Å². The minimum absolute atomic E-state index is 0.177. The Morgan fingerprint density at radius 1 is 0.607 bits per heavy atom. The van der Waals surface area contributed by atoms with Crippen molar-refractivity contribution in [3.63, 3.8) is 0 Å². The largest absolute Gasteiger partial charge is 0.454 e.